The van der Waals surface area contributed by atoms with Crippen LogP contribution in [0.3, 0.4) is 0 Å². The topological polar surface area (TPSA) is 12.0 Å². The van der Waals surface area contributed by atoms with E-state index in [0.29, 0.717) is 0 Å². The molecule has 2 heteroatoms. The van der Waals surface area contributed by atoms with E-state index in [0.717, 1.165) is 5.92 Å². The molecule has 1 aliphatic rings. The van der Waals surface area contributed by atoms with E-state index in [1.807, 2.05) is 0 Å². The standard InChI is InChI=1S/C6H12BrN/c7-3-1-6-2-4-8-5-6/h6,8H,1-5H2/t6-/m1/s1. The van der Waals surface area contributed by atoms with E-state index in [1.54, 1.807) is 0 Å². The molecule has 0 aliphatic carbocycles. The molecule has 0 unspecified atom stereocenters. The number of rotatable bonds is 2. The highest BCUT2D eigenvalue weighted by molar-refractivity contribution is 9.09. The van der Waals surface area contributed by atoms with Gasteiger partial charge in [-0.25, -0.2) is 0 Å². The number of hydrogen-bond donors (Lipinski definition) is 1. The Bertz CT molecular complexity index is 59.5. The van der Waals surface area contributed by atoms with Crippen LogP contribution in [0.4, 0.5) is 0 Å². The molecule has 1 heterocycles. The SMILES string of the molecule is BrCC[C@@H]1CCNC1. The summed E-state index contributed by atoms with van der Waals surface area (Å²) in [5.41, 5.74) is 0. The van der Waals surface area contributed by atoms with Gasteiger partial charge in [-0.3, -0.25) is 0 Å². The molecule has 0 saturated carbocycles. The van der Waals surface area contributed by atoms with E-state index < -0.39 is 0 Å². The summed E-state index contributed by atoms with van der Waals surface area (Å²) in [6.07, 6.45) is 2.72. The van der Waals surface area contributed by atoms with Gasteiger partial charge in [-0.05, 0) is 31.8 Å². The van der Waals surface area contributed by atoms with E-state index in [-0.39, 0.29) is 0 Å². The summed E-state index contributed by atoms with van der Waals surface area (Å²) in [6, 6.07) is 0. The van der Waals surface area contributed by atoms with E-state index in [9.17, 15) is 0 Å². The molecule has 1 nitrogen and oxygen atoms in total. The summed E-state index contributed by atoms with van der Waals surface area (Å²) in [6.45, 7) is 2.48. The van der Waals surface area contributed by atoms with Crippen molar-refractivity contribution >= 4 is 15.9 Å². The lowest BCUT2D eigenvalue weighted by Gasteiger charge is -2.01. The van der Waals surface area contributed by atoms with Gasteiger partial charge in [0.2, 0.25) is 0 Å². The highest BCUT2D eigenvalue weighted by Gasteiger charge is 2.12. The van der Waals surface area contributed by atoms with Gasteiger partial charge in [0.15, 0.2) is 0 Å². The first-order valence-corrected chi connectivity index (χ1v) is 4.32. The molecular formula is C6H12BrN. The zero-order valence-corrected chi connectivity index (χ0v) is 6.58. The molecule has 0 amide bonds. The first-order chi connectivity index (χ1) is 3.93. The average molecular weight is 178 g/mol. The van der Waals surface area contributed by atoms with Gasteiger partial charge in [-0.2, -0.15) is 0 Å². The van der Waals surface area contributed by atoms with Gasteiger partial charge in [0.1, 0.15) is 0 Å². The zero-order chi connectivity index (χ0) is 5.82. The third-order valence-electron chi connectivity index (χ3n) is 1.68. The lowest BCUT2D eigenvalue weighted by molar-refractivity contribution is 0.569. The van der Waals surface area contributed by atoms with Crippen LogP contribution in [-0.2, 0) is 0 Å². The molecule has 0 radical (unpaired) electrons. The minimum atomic E-state index is 0.953. The van der Waals surface area contributed by atoms with Crippen LogP contribution in [0.2, 0.25) is 0 Å². The van der Waals surface area contributed by atoms with Gasteiger partial charge in [-0.15, -0.1) is 0 Å². The van der Waals surface area contributed by atoms with Crippen molar-refractivity contribution in [1.82, 2.24) is 5.32 Å². The molecule has 0 aromatic carbocycles. The maximum Gasteiger partial charge on any atom is 0.00344 e. The molecule has 0 aromatic rings. The number of alkyl halides is 1. The second-order valence-corrected chi connectivity index (χ2v) is 3.13. The summed E-state index contributed by atoms with van der Waals surface area (Å²) >= 11 is 3.43. The molecular weight excluding hydrogens is 166 g/mol. The Balaban J connectivity index is 2.06. The maximum absolute atomic E-state index is 3.43. The van der Waals surface area contributed by atoms with Crippen LogP contribution < -0.4 is 5.32 Å². The van der Waals surface area contributed by atoms with E-state index in [4.69, 9.17) is 0 Å². The Kier molecular flexibility index (Phi) is 2.84. The summed E-state index contributed by atoms with van der Waals surface area (Å²) in [5.74, 6) is 0.953. The fourth-order valence-corrected chi connectivity index (χ4v) is 1.76. The van der Waals surface area contributed by atoms with Crippen LogP contribution in [0, 0.1) is 5.92 Å². The highest BCUT2D eigenvalue weighted by Crippen LogP contribution is 2.12. The van der Waals surface area contributed by atoms with Gasteiger partial charge >= 0.3 is 0 Å². The molecule has 1 atom stereocenters. The van der Waals surface area contributed by atoms with Crippen molar-refractivity contribution in [1.29, 1.82) is 0 Å². The van der Waals surface area contributed by atoms with Crippen LogP contribution in [0.5, 0.6) is 0 Å². The second kappa shape index (κ2) is 3.46. The summed E-state index contributed by atoms with van der Waals surface area (Å²) in [5, 5.41) is 4.50. The fraction of sp³-hybridized carbons (Fsp3) is 1.00. The first-order valence-electron chi connectivity index (χ1n) is 3.20. The molecule has 0 aromatic heterocycles. The van der Waals surface area contributed by atoms with Gasteiger partial charge in [0.25, 0.3) is 0 Å². The van der Waals surface area contributed by atoms with Gasteiger partial charge in [0, 0.05) is 5.33 Å². The predicted molar refractivity (Wildman–Crippen MR) is 39.4 cm³/mol. The van der Waals surface area contributed by atoms with E-state index in [1.165, 1.54) is 31.3 Å². The van der Waals surface area contributed by atoms with Crippen molar-refractivity contribution in [3.63, 3.8) is 0 Å². The lowest BCUT2D eigenvalue weighted by atomic mass is 10.1. The van der Waals surface area contributed by atoms with Crippen LogP contribution in [0.1, 0.15) is 12.8 Å². The van der Waals surface area contributed by atoms with E-state index in [2.05, 4.69) is 21.2 Å². The van der Waals surface area contributed by atoms with Crippen LogP contribution in [0.25, 0.3) is 0 Å². The quantitative estimate of drug-likeness (QED) is 0.630. The smallest absolute Gasteiger partial charge is 0.00344 e. The van der Waals surface area contributed by atoms with Crippen molar-refractivity contribution in [2.24, 2.45) is 5.92 Å². The number of nitrogens with one attached hydrogen (secondary N) is 1. The first kappa shape index (κ1) is 6.56. The van der Waals surface area contributed by atoms with Gasteiger partial charge < -0.3 is 5.32 Å². The molecule has 48 valence electrons. The Morgan fingerprint density at radius 1 is 1.62 bits per heavy atom. The Hall–Kier alpha value is 0.440. The Morgan fingerprint density at radius 3 is 3.00 bits per heavy atom. The molecule has 1 fully saturated rings. The third kappa shape index (κ3) is 1.75. The van der Waals surface area contributed by atoms with Crippen molar-refractivity contribution in [3.8, 4) is 0 Å². The fourth-order valence-electron chi connectivity index (χ4n) is 1.12. The minimum Gasteiger partial charge on any atom is -0.316 e. The predicted octanol–water partition coefficient (Wildman–Crippen LogP) is 1.38. The van der Waals surface area contributed by atoms with E-state index >= 15 is 0 Å². The summed E-state index contributed by atoms with van der Waals surface area (Å²) in [7, 11) is 0. The van der Waals surface area contributed by atoms with Crippen LogP contribution >= 0.6 is 15.9 Å². The molecule has 1 aliphatic heterocycles. The number of halogens is 1. The average Bonchev–Trinajstić information content (AvgIpc) is 2.19. The van der Waals surface area contributed by atoms with Crippen LogP contribution in [-0.4, -0.2) is 18.4 Å². The molecule has 1 rings (SSSR count). The number of hydrogen-bond acceptors (Lipinski definition) is 1. The van der Waals surface area contributed by atoms with Crippen molar-refractivity contribution in [2.45, 2.75) is 12.8 Å². The summed E-state index contributed by atoms with van der Waals surface area (Å²) in [4.78, 5) is 0. The van der Waals surface area contributed by atoms with Crippen LogP contribution in [0.15, 0.2) is 0 Å². The normalized spacial score (nSPS) is 28.9. The Labute approximate surface area is 59.0 Å². The summed E-state index contributed by atoms with van der Waals surface area (Å²) < 4.78 is 0. The van der Waals surface area contributed by atoms with Gasteiger partial charge in [-0.1, -0.05) is 15.9 Å². The monoisotopic (exact) mass is 177 g/mol. The highest BCUT2D eigenvalue weighted by atomic mass is 79.9. The molecule has 0 spiro atoms. The second-order valence-electron chi connectivity index (χ2n) is 2.34. The van der Waals surface area contributed by atoms with Crippen molar-refractivity contribution in [3.05, 3.63) is 0 Å². The molecule has 8 heavy (non-hydrogen) atoms. The lowest BCUT2D eigenvalue weighted by Crippen LogP contribution is -2.08. The minimum absolute atomic E-state index is 0.953. The molecule has 1 saturated heterocycles. The Morgan fingerprint density at radius 2 is 2.50 bits per heavy atom. The molecule has 1 N–H and O–H groups in total. The maximum atomic E-state index is 3.43. The zero-order valence-electron chi connectivity index (χ0n) is 4.99. The largest absolute Gasteiger partial charge is 0.316 e. The van der Waals surface area contributed by atoms with Crippen molar-refractivity contribution in [2.75, 3.05) is 18.4 Å². The van der Waals surface area contributed by atoms with Gasteiger partial charge in [0.05, 0.1) is 0 Å². The van der Waals surface area contributed by atoms with Crippen molar-refractivity contribution < 1.29 is 0 Å². The molecule has 0 bridgehead atoms. The third-order valence-corrected chi connectivity index (χ3v) is 2.14.